The summed E-state index contributed by atoms with van der Waals surface area (Å²) in [6.45, 7) is -13.3. The largest absolute Gasteiger partial charge is 0.459 e. The maximum absolute atomic E-state index is 13.9. The van der Waals surface area contributed by atoms with E-state index in [9.17, 15) is 157 Å². The van der Waals surface area contributed by atoms with E-state index in [1.54, 1.807) is 0 Å². The van der Waals surface area contributed by atoms with Gasteiger partial charge in [0, 0.05) is 0 Å². The zero-order valence-corrected chi connectivity index (χ0v) is 32.5. The van der Waals surface area contributed by atoms with Crippen molar-refractivity contribution in [3.63, 3.8) is 0 Å². The molecule has 0 unspecified atom stereocenters. The average molecular weight is 1120 g/mol. The Kier molecular flexibility index (Phi) is 17.6. The molecular weight excluding hydrogens is 1100 g/mol. The van der Waals surface area contributed by atoms with Gasteiger partial charge in [0.2, 0.25) is 0 Å². The molecule has 0 aromatic heterocycles. The minimum Gasteiger partial charge on any atom is -0.269 e. The molecule has 0 spiro atoms. The van der Waals surface area contributed by atoms with Crippen LogP contribution in [0.4, 0.5) is 123 Å². The van der Waals surface area contributed by atoms with Crippen LogP contribution < -0.4 is 0 Å². The van der Waals surface area contributed by atoms with E-state index in [1.807, 2.05) is 0 Å². The van der Waals surface area contributed by atoms with E-state index < -0.39 is 167 Å². The van der Waals surface area contributed by atoms with Crippen molar-refractivity contribution < 1.29 is 173 Å². The first kappa shape index (κ1) is 62.7. The van der Waals surface area contributed by atoms with Crippen LogP contribution in [0.15, 0.2) is 0 Å². The average Bonchev–Trinajstić information content (AvgIpc) is 2.99. The molecule has 0 saturated heterocycles. The predicted molar refractivity (Wildman–Crippen MR) is 145 cm³/mol. The Morgan fingerprint density at radius 3 is 0.477 bits per heavy atom. The normalized spacial score (nSPS) is 16.3. The van der Waals surface area contributed by atoms with Crippen molar-refractivity contribution in [1.82, 2.24) is 0 Å². The number of hydrogen-bond acceptors (Lipinski definition) is 12. The highest BCUT2D eigenvalue weighted by atomic mass is 32.2. The molecule has 0 amide bonds. The van der Waals surface area contributed by atoms with Gasteiger partial charge in [-0.3, -0.25) is 16.7 Å². The highest BCUT2D eigenvalue weighted by Crippen LogP contribution is 2.51. The molecule has 0 bridgehead atoms. The third-order valence-electron chi connectivity index (χ3n) is 6.87. The van der Waals surface area contributed by atoms with Crippen molar-refractivity contribution >= 4 is 40.5 Å². The third kappa shape index (κ3) is 14.8. The predicted octanol–water partition coefficient (Wildman–Crippen LogP) is 6.69. The molecule has 0 aromatic rings. The minimum atomic E-state index is -7.53. The second-order valence-corrected chi connectivity index (χ2v) is 19.0. The smallest absolute Gasteiger partial charge is 0.269 e. The fraction of sp³-hybridized carbons (Fsp3) is 1.00. The van der Waals surface area contributed by atoms with Crippen molar-refractivity contribution in [2.24, 2.45) is 5.41 Å². The summed E-state index contributed by atoms with van der Waals surface area (Å²) in [6.07, 6.45) is -29.9. The van der Waals surface area contributed by atoms with Crippen molar-refractivity contribution in [2.45, 2.75) is 72.1 Å². The molecule has 0 fully saturated rings. The molecule has 0 radical (unpaired) electrons. The standard InChI is InChI=1S/C21H16F28O12S4/c22-10(23,14(30,31)18(38,39)40)5-62(50,51)58-1-9(2-59-63(52,53)6-11(24,25)15(32,33)19(41,42)43,3-60-64(54,55)7-12(26,27)16(34,35)20(44,45)46)4-61-65(56,57)8-13(28,29)17(36,37)21(47,48)49/h1-8H2. The van der Waals surface area contributed by atoms with Crippen molar-refractivity contribution in [3.05, 3.63) is 0 Å². The van der Waals surface area contributed by atoms with Gasteiger partial charge in [0.05, 0.1) is 31.8 Å². The number of rotatable bonds is 24. The summed E-state index contributed by atoms with van der Waals surface area (Å²) < 4.78 is 478. The Balaban J connectivity index is 7.90. The molecule has 12 nitrogen and oxygen atoms in total. The van der Waals surface area contributed by atoms with Gasteiger partial charge in [-0.15, -0.1) is 0 Å². The van der Waals surface area contributed by atoms with Crippen LogP contribution in [0.2, 0.25) is 0 Å². The molecule has 44 heteroatoms. The Morgan fingerprint density at radius 1 is 0.246 bits per heavy atom. The summed E-state index contributed by atoms with van der Waals surface area (Å²) in [5, 5.41) is 0. The summed E-state index contributed by atoms with van der Waals surface area (Å²) in [5.41, 5.74) is -4.74. The maximum atomic E-state index is 13.9. The van der Waals surface area contributed by atoms with Crippen LogP contribution in [-0.2, 0) is 57.2 Å². The summed E-state index contributed by atoms with van der Waals surface area (Å²) in [6, 6.07) is 0. The monoisotopic (exact) mass is 1120 g/mol. The molecule has 0 rings (SSSR count). The van der Waals surface area contributed by atoms with Crippen LogP contribution in [0, 0.1) is 5.41 Å². The SMILES string of the molecule is O=S(=O)(CC(F)(F)C(F)(F)C(F)(F)F)OCC(COS(=O)(=O)CC(F)(F)C(F)(F)C(F)(F)F)(COS(=O)(=O)CC(F)(F)C(F)(F)C(F)(F)F)COS(=O)(=O)CC(F)(F)C(F)(F)C(F)(F)F. The topological polar surface area (TPSA) is 173 Å². The van der Waals surface area contributed by atoms with Crippen LogP contribution >= 0.6 is 0 Å². The van der Waals surface area contributed by atoms with Crippen LogP contribution in [0.25, 0.3) is 0 Å². The molecule has 0 saturated carbocycles. The fourth-order valence-electron chi connectivity index (χ4n) is 3.36. The molecule has 65 heavy (non-hydrogen) atoms. The lowest BCUT2D eigenvalue weighted by Gasteiger charge is -2.33. The van der Waals surface area contributed by atoms with Gasteiger partial charge in [-0.05, 0) is 0 Å². The minimum absolute atomic E-state index is 3.33. The van der Waals surface area contributed by atoms with E-state index in [1.165, 1.54) is 0 Å². The van der Waals surface area contributed by atoms with E-state index in [-0.39, 0.29) is 0 Å². The van der Waals surface area contributed by atoms with Crippen molar-refractivity contribution in [2.75, 3.05) is 49.4 Å². The molecule has 0 aliphatic rings. The lowest BCUT2D eigenvalue weighted by atomic mass is 9.93. The van der Waals surface area contributed by atoms with Crippen LogP contribution in [-0.4, -0.2) is 155 Å². The summed E-state index contributed by atoms with van der Waals surface area (Å²) >= 11 is 0. The number of halogens is 28. The molecular formula is C21H16F28O12S4. The highest BCUT2D eigenvalue weighted by Gasteiger charge is 2.77. The van der Waals surface area contributed by atoms with Gasteiger partial charge >= 0.3 is 72.1 Å². The van der Waals surface area contributed by atoms with Gasteiger partial charge < -0.3 is 0 Å². The summed E-state index contributed by atoms with van der Waals surface area (Å²) in [4.78, 5) is 0. The van der Waals surface area contributed by atoms with E-state index in [0.717, 1.165) is 0 Å². The number of hydrogen-bond donors (Lipinski definition) is 0. The third-order valence-corrected chi connectivity index (χ3v) is 11.6. The molecule has 0 atom stereocenters. The molecule has 0 N–H and O–H groups in total. The zero-order chi connectivity index (χ0) is 53.0. The molecule has 0 aliphatic carbocycles. The van der Waals surface area contributed by atoms with Gasteiger partial charge in [0.25, 0.3) is 40.5 Å². The Labute approximate surface area is 340 Å². The van der Waals surface area contributed by atoms with Crippen LogP contribution in [0.5, 0.6) is 0 Å². The first-order chi connectivity index (χ1) is 27.7. The fourth-order valence-corrected chi connectivity index (χ4v) is 7.91. The van der Waals surface area contributed by atoms with Gasteiger partial charge in [-0.1, -0.05) is 0 Å². The number of alkyl halides is 28. The van der Waals surface area contributed by atoms with Gasteiger partial charge in [0.15, 0.2) is 0 Å². The second-order valence-electron chi connectivity index (χ2n) is 12.5. The molecule has 0 aliphatic heterocycles. The van der Waals surface area contributed by atoms with Crippen LogP contribution in [0.1, 0.15) is 0 Å². The molecule has 0 heterocycles. The maximum Gasteiger partial charge on any atom is 0.459 e. The second kappa shape index (κ2) is 18.2. The van der Waals surface area contributed by atoms with Crippen LogP contribution in [0.3, 0.4) is 0 Å². The van der Waals surface area contributed by atoms with Crippen molar-refractivity contribution in [1.29, 1.82) is 0 Å². The molecule has 0 aromatic carbocycles. The van der Waals surface area contributed by atoms with E-state index in [0.29, 0.717) is 0 Å². The lowest BCUT2D eigenvalue weighted by Crippen LogP contribution is -2.56. The van der Waals surface area contributed by atoms with Gasteiger partial charge in [-0.2, -0.15) is 157 Å². The molecule has 392 valence electrons. The first-order valence-electron chi connectivity index (χ1n) is 14.4. The van der Waals surface area contributed by atoms with Crippen molar-refractivity contribution in [3.8, 4) is 0 Å². The van der Waals surface area contributed by atoms with E-state index >= 15 is 0 Å². The Bertz CT molecular complexity index is 1800. The summed E-state index contributed by atoms with van der Waals surface area (Å²) in [7, 11) is -29.0. The summed E-state index contributed by atoms with van der Waals surface area (Å²) in [5.74, 6) is -75.0. The lowest BCUT2D eigenvalue weighted by molar-refractivity contribution is -0.349. The van der Waals surface area contributed by atoms with Gasteiger partial charge in [-0.25, -0.2) is 0 Å². The quantitative estimate of drug-likeness (QED) is 0.0742. The van der Waals surface area contributed by atoms with E-state index in [2.05, 4.69) is 16.7 Å². The zero-order valence-electron chi connectivity index (χ0n) is 29.3. The van der Waals surface area contributed by atoms with Gasteiger partial charge in [0.1, 0.15) is 23.0 Å². The Morgan fingerprint density at radius 2 is 0.369 bits per heavy atom. The first-order valence-corrected chi connectivity index (χ1v) is 20.7. The Hall–Kier alpha value is -2.32. The highest BCUT2D eigenvalue weighted by molar-refractivity contribution is 7.87. The van der Waals surface area contributed by atoms with E-state index in [4.69, 9.17) is 0 Å².